The molecular weight excluding hydrogens is 400 g/mol. The normalized spacial score (nSPS) is 10.4. The van der Waals surface area contributed by atoms with Crippen molar-refractivity contribution in [3.8, 4) is 11.6 Å². The summed E-state index contributed by atoms with van der Waals surface area (Å²) in [5.41, 5.74) is 1.80. The molecule has 1 aromatic heterocycles. The fourth-order valence-corrected chi connectivity index (χ4v) is 2.85. The molecule has 160 valence electrons. The Morgan fingerprint density at radius 1 is 1.10 bits per heavy atom. The van der Waals surface area contributed by atoms with E-state index in [1.807, 2.05) is 24.3 Å². The number of aryl methyl sites for hydroxylation is 1. The van der Waals surface area contributed by atoms with Gasteiger partial charge in [-0.2, -0.15) is 4.98 Å². The highest BCUT2D eigenvalue weighted by Gasteiger charge is 2.25. The number of methoxy groups -OCH3 is 1. The molecule has 0 aliphatic carbocycles. The predicted octanol–water partition coefficient (Wildman–Crippen LogP) is 5.05. The van der Waals surface area contributed by atoms with Gasteiger partial charge in [0.2, 0.25) is 5.82 Å². The molecule has 1 N–H and O–H groups in total. The van der Waals surface area contributed by atoms with Gasteiger partial charge in [-0.3, -0.25) is 10.1 Å². The zero-order chi connectivity index (χ0) is 22.2. The number of rotatable bonds is 9. The third-order valence-electron chi connectivity index (χ3n) is 4.50. The summed E-state index contributed by atoms with van der Waals surface area (Å²) in [5, 5.41) is 14.7. The zero-order valence-electron chi connectivity index (χ0n) is 17.2. The molecule has 0 aliphatic heterocycles. The third kappa shape index (κ3) is 5.53. The molecular formula is C22H22N4O5. The highest BCUT2D eigenvalue weighted by molar-refractivity contribution is 5.89. The van der Waals surface area contributed by atoms with Gasteiger partial charge in [0.1, 0.15) is 12.1 Å². The molecule has 0 unspecified atom stereocenters. The van der Waals surface area contributed by atoms with E-state index in [2.05, 4.69) is 26.9 Å². The van der Waals surface area contributed by atoms with Crippen molar-refractivity contribution in [1.29, 1.82) is 0 Å². The van der Waals surface area contributed by atoms with Crippen LogP contribution in [-0.2, 0) is 11.2 Å². The van der Waals surface area contributed by atoms with Gasteiger partial charge in [0.15, 0.2) is 0 Å². The molecule has 0 amide bonds. The molecule has 0 aliphatic rings. The van der Waals surface area contributed by atoms with Gasteiger partial charge in [-0.05, 0) is 54.8 Å². The quantitative estimate of drug-likeness (QED) is 0.289. The van der Waals surface area contributed by atoms with Crippen LogP contribution in [0.25, 0.3) is 0 Å². The molecule has 3 aromatic rings. The first-order valence-electron chi connectivity index (χ1n) is 9.73. The van der Waals surface area contributed by atoms with Crippen LogP contribution in [0.15, 0.2) is 54.9 Å². The molecule has 1 heterocycles. The molecule has 0 bridgehead atoms. The lowest BCUT2D eigenvalue weighted by atomic mass is 10.1. The number of nitrogens with zero attached hydrogens (tertiary/aromatic N) is 3. The average Bonchev–Trinajstić information content (AvgIpc) is 2.78. The lowest BCUT2D eigenvalue weighted by Crippen LogP contribution is -2.04. The molecule has 0 radical (unpaired) electrons. The minimum absolute atomic E-state index is 0.0162. The fourth-order valence-electron chi connectivity index (χ4n) is 2.85. The van der Waals surface area contributed by atoms with E-state index in [0.717, 1.165) is 19.3 Å². The summed E-state index contributed by atoms with van der Waals surface area (Å²) < 4.78 is 10.2. The van der Waals surface area contributed by atoms with Crippen molar-refractivity contribution in [1.82, 2.24) is 9.97 Å². The van der Waals surface area contributed by atoms with Gasteiger partial charge in [0.25, 0.3) is 0 Å². The molecule has 2 aromatic carbocycles. The SMILES string of the molecule is CCCCc1ccc(Nc2ncnc(Oc3ccc(C(=O)OC)cc3)c2[N+](=O)[O-])cc1. The van der Waals surface area contributed by atoms with Crippen molar-refractivity contribution in [2.24, 2.45) is 0 Å². The van der Waals surface area contributed by atoms with Crippen molar-refractivity contribution in [3.63, 3.8) is 0 Å². The Bertz CT molecular complexity index is 1050. The average molecular weight is 422 g/mol. The summed E-state index contributed by atoms with van der Waals surface area (Å²) >= 11 is 0. The standard InChI is InChI=1S/C22H22N4O5/c1-3-4-5-15-6-10-17(11-7-15)25-20-19(26(28)29)21(24-14-23-20)31-18-12-8-16(9-13-18)22(27)30-2/h6-14H,3-5H2,1-2H3,(H,23,24,25). The Kier molecular flexibility index (Phi) is 7.10. The summed E-state index contributed by atoms with van der Waals surface area (Å²) in [6.07, 6.45) is 4.38. The topological polar surface area (TPSA) is 116 Å². The lowest BCUT2D eigenvalue weighted by molar-refractivity contribution is -0.385. The maximum Gasteiger partial charge on any atom is 0.373 e. The summed E-state index contributed by atoms with van der Waals surface area (Å²) in [5.74, 6) is -0.414. The summed E-state index contributed by atoms with van der Waals surface area (Å²) in [6, 6.07) is 13.6. The molecule has 0 atom stereocenters. The van der Waals surface area contributed by atoms with Crippen molar-refractivity contribution < 1.29 is 19.2 Å². The number of nitrogens with one attached hydrogen (secondary N) is 1. The number of ether oxygens (including phenoxy) is 2. The molecule has 0 fully saturated rings. The van der Waals surface area contributed by atoms with Gasteiger partial charge >= 0.3 is 17.5 Å². The first kappa shape index (κ1) is 21.7. The van der Waals surface area contributed by atoms with Gasteiger partial charge in [-0.25, -0.2) is 9.78 Å². The molecule has 9 nitrogen and oxygen atoms in total. The minimum Gasteiger partial charge on any atom is -0.465 e. The minimum atomic E-state index is -0.601. The van der Waals surface area contributed by atoms with Crippen LogP contribution in [0.5, 0.6) is 11.6 Å². The summed E-state index contributed by atoms with van der Waals surface area (Å²) in [6.45, 7) is 2.14. The first-order valence-corrected chi connectivity index (χ1v) is 9.73. The van der Waals surface area contributed by atoms with E-state index >= 15 is 0 Å². The second-order valence-electron chi connectivity index (χ2n) is 6.68. The van der Waals surface area contributed by atoms with Gasteiger partial charge in [-0.1, -0.05) is 25.5 Å². The monoisotopic (exact) mass is 422 g/mol. The first-order chi connectivity index (χ1) is 15.0. The number of carbonyl (C=O) groups is 1. The molecule has 9 heteroatoms. The molecule has 3 rings (SSSR count). The second kappa shape index (κ2) is 10.1. The Labute approximate surface area is 179 Å². The van der Waals surface area contributed by atoms with Crippen LogP contribution in [0.2, 0.25) is 0 Å². The maximum absolute atomic E-state index is 11.7. The maximum atomic E-state index is 11.7. The Morgan fingerprint density at radius 3 is 2.42 bits per heavy atom. The summed E-state index contributed by atoms with van der Waals surface area (Å²) in [7, 11) is 1.28. The number of anilines is 2. The molecule has 31 heavy (non-hydrogen) atoms. The third-order valence-corrected chi connectivity index (χ3v) is 4.50. The zero-order valence-corrected chi connectivity index (χ0v) is 17.2. The number of carbonyl (C=O) groups excluding carboxylic acids is 1. The van der Waals surface area contributed by atoms with Gasteiger partial charge in [0.05, 0.1) is 17.6 Å². The number of esters is 1. The fraction of sp³-hybridized carbons (Fsp3) is 0.227. The van der Waals surface area contributed by atoms with E-state index in [1.54, 1.807) is 0 Å². The van der Waals surface area contributed by atoms with E-state index in [-0.39, 0.29) is 17.4 Å². The number of aromatic nitrogens is 2. The Balaban J connectivity index is 1.82. The molecule has 0 saturated heterocycles. The number of hydrogen-bond donors (Lipinski definition) is 1. The van der Waals surface area contributed by atoms with Crippen LogP contribution in [0.1, 0.15) is 35.7 Å². The number of unbranched alkanes of at least 4 members (excludes halogenated alkanes) is 1. The lowest BCUT2D eigenvalue weighted by Gasteiger charge is -2.10. The Morgan fingerprint density at radius 2 is 1.81 bits per heavy atom. The summed E-state index contributed by atoms with van der Waals surface area (Å²) in [4.78, 5) is 30.6. The predicted molar refractivity (Wildman–Crippen MR) is 115 cm³/mol. The highest BCUT2D eigenvalue weighted by atomic mass is 16.6. The van der Waals surface area contributed by atoms with E-state index in [4.69, 9.17) is 4.74 Å². The van der Waals surface area contributed by atoms with Gasteiger partial charge in [-0.15, -0.1) is 0 Å². The smallest absolute Gasteiger partial charge is 0.373 e. The number of benzene rings is 2. The van der Waals surface area contributed by atoms with E-state index in [9.17, 15) is 14.9 Å². The van der Waals surface area contributed by atoms with Gasteiger partial charge in [0, 0.05) is 5.69 Å². The van der Waals surface area contributed by atoms with Crippen LogP contribution in [0.4, 0.5) is 17.2 Å². The largest absolute Gasteiger partial charge is 0.465 e. The second-order valence-corrected chi connectivity index (χ2v) is 6.68. The van der Waals surface area contributed by atoms with Crippen molar-refractivity contribution in [3.05, 3.63) is 76.1 Å². The highest BCUT2D eigenvalue weighted by Crippen LogP contribution is 2.35. The number of nitro groups is 1. The van der Waals surface area contributed by atoms with Crippen LogP contribution < -0.4 is 10.1 Å². The van der Waals surface area contributed by atoms with E-state index < -0.39 is 16.6 Å². The van der Waals surface area contributed by atoms with E-state index in [0.29, 0.717) is 11.3 Å². The van der Waals surface area contributed by atoms with Crippen molar-refractivity contribution in [2.75, 3.05) is 12.4 Å². The van der Waals surface area contributed by atoms with Crippen LogP contribution in [0, 0.1) is 10.1 Å². The van der Waals surface area contributed by atoms with Crippen molar-refractivity contribution >= 4 is 23.2 Å². The molecule has 0 saturated carbocycles. The van der Waals surface area contributed by atoms with Crippen LogP contribution >= 0.6 is 0 Å². The van der Waals surface area contributed by atoms with Crippen molar-refractivity contribution in [2.45, 2.75) is 26.2 Å². The number of hydrogen-bond acceptors (Lipinski definition) is 8. The van der Waals surface area contributed by atoms with Gasteiger partial charge < -0.3 is 14.8 Å². The van der Waals surface area contributed by atoms with Crippen LogP contribution in [-0.4, -0.2) is 28.0 Å². The van der Waals surface area contributed by atoms with Crippen LogP contribution in [0.3, 0.4) is 0 Å². The molecule has 0 spiro atoms. The van der Waals surface area contributed by atoms with E-state index in [1.165, 1.54) is 43.3 Å². The Hall–Kier alpha value is -4.01.